The molecule has 1 atom stereocenters. The van der Waals surface area contributed by atoms with Gasteiger partial charge in [-0.2, -0.15) is 0 Å². The fraction of sp³-hybridized carbons (Fsp3) is 0.167. The van der Waals surface area contributed by atoms with Gasteiger partial charge in [0.15, 0.2) is 5.96 Å². The molecular weight excluding hydrogens is 316 g/mol. The standard InChI is InChI=1S/C18H16N6O/c1-2-23-13-9-5-3-7-11(13)18(15(23)25)22-16(19)21-17-20-12-8-4-6-10-14(12)24(17)18/h3-10H,2H2,1H3,(H3,19,20,21,22)/t18-/m0/s1. The third kappa shape index (κ3) is 1.57. The van der Waals surface area contributed by atoms with Crippen LogP contribution in [-0.4, -0.2) is 28.0 Å². The number of benzene rings is 2. The topological polar surface area (TPSA) is 88.5 Å². The van der Waals surface area contributed by atoms with E-state index in [4.69, 9.17) is 5.73 Å². The zero-order chi connectivity index (χ0) is 17.2. The first-order valence-corrected chi connectivity index (χ1v) is 8.18. The monoisotopic (exact) mass is 332 g/mol. The molecule has 0 saturated heterocycles. The second-order valence-corrected chi connectivity index (χ2v) is 6.12. The van der Waals surface area contributed by atoms with E-state index in [-0.39, 0.29) is 11.9 Å². The van der Waals surface area contributed by atoms with Crippen molar-refractivity contribution in [3.05, 3.63) is 54.1 Å². The van der Waals surface area contributed by atoms with Crippen LogP contribution in [0.3, 0.4) is 0 Å². The van der Waals surface area contributed by atoms with Crippen LogP contribution in [0.5, 0.6) is 0 Å². The number of anilines is 2. The molecule has 7 nitrogen and oxygen atoms in total. The summed E-state index contributed by atoms with van der Waals surface area (Å²) in [4.78, 5) is 24.5. The maximum atomic E-state index is 13.5. The number of hydrogen-bond donors (Lipinski definition) is 2. The van der Waals surface area contributed by atoms with Crippen molar-refractivity contribution < 1.29 is 4.79 Å². The summed E-state index contributed by atoms with van der Waals surface area (Å²) in [5.74, 6) is 0.587. The molecule has 0 unspecified atom stereocenters. The summed E-state index contributed by atoms with van der Waals surface area (Å²) in [6.07, 6.45) is 0. The van der Waals surface area contributed by atoms with Crippen molar-refractivity contribution in [2.75, 3.05) is 16.8 Å². The molecule has 2 aliphatic rings. The van der Waals surface area contributed by atoms with Gasteiger partial charge in [0.2, 0.25) is 11.6 Å². The van der Waals surface area contributed by atoms with Gasteiger partial charge in [0.25, 0.3) is 5.91 Å². The van der Waals surface area contributed by atoms with E-state index in [1.165, 1.54) is 0 Å². The fourth-order valence-corrected chi connectivity index (χ4v) is 3.86. The predicted octanol–water partition coefficient (Wildman–Crippen LogP) is 1.84. The highest BCUT2D eigenvalue weighted by molar-refractivity contribution is 6.12. The Hall–Kier alpha value is -3.35. The number of nitrogens with two attached hydrogens (primary N) is 1. The lowest BCUT2D eigenvalue weighted by atomic mass is 10.00. The van der Waals surface area contributed by atoms with E-state index in [0.29, 0.717) is 12.5 Å². The van der Waals surface area contributed by atoms with Crippen LogP contribution in [0.15, 0.2) is 53.5 Å². The van der Waals surface area contributed by atoms with Crippen LogP contribution in [0.4, 0.5) is 11.6 Å². The quantitative estimate of drug-likeness (QED) is 0.712. The van der Waals surface area contributed by atoms with E-state index in [0.717, 1.165) is 22.3 Å². The number of aromatic nitrogens is 2. The molecular formula is C18H16N6O. The molecule has 3 N–H and O–H groups in total. The molecule has 0 fully saturated rings. The number of imidazole rings is 1. The lowest BCUT2D eigenvalue weighted by molar-refractivity contribution is -0.123. The minimum absolute atomic E-state index is 0.120. The van der Waals surface area contributed by atoms with Crippen LogP contribution in [0.25, 0.3) is 11.0 Å². The van der Waals surface area contributed by atoms with Gasteiger partial charge in [0.1, 0.15) is 0 Å². The number of fused-ring (bicyclic) bond motifs is 6. The summed E-state index contributed by atoms with van der Waals surface area (Å²) in [6, 6.07) is 15.4. The lowest BCUT2D eigenvalue weighted by Crippen LogP contribution is -2.49. The highest BCUT2D eigenvalue weighted by Crippen LogP contribution is 2.47. The average molecular weight is 332 g/mol. The molecule has 2 aliphatic heterocycles. The van der Waals surface area contributed by atoms with E-state index in [9.17, 15) is 4.79 Å². The van der Waals surface area contributed by atoms with Crippen LogP contribution in [-0.2, 0) is 10.5 Å². The molecule has 5 rings (SSSR count). The Morgan fingerprint density at radius 1 is 1.16 bits per heavy atom. The van der Waals surface area contributed by atoms with Crippen molar-refractivity contribution in [2.24, 2.45) is 10.7 Å². The second-order valence-electron chi connectivity index (χ2n) is 6.12. The zero-order valence-corrected chi connectivity index (χ0v) is 13.6. The van der Waals surface area contributed by atoms with Gasteiger partial charge >= 0.3 is 0 Å². The molecule has 124 valence electrons. The molecule has 0 saturated carbocycles. The second kappa shape index (κ2) is 4.60. The number of amides is 1. The number of nitrogens with one attached hydrogen (secondary N) is 1. The largest absolute Gasteiger partial charge is 0.370 e. The summed E-state index contributed by atoms with van der Waals surface area (Å²) in [6.45, 7) is 2.51. The molecule has 0 radical (unpaired) electrons. The highest BCUT2D eigenvalue weighted by Gasteiger charge is 2.55. The Labute approximate surface area is 143 Å². The van der Waals surface area contributed by atoms with Crippen molar-refractivity contribution in [3.8, 4) is 0 Å². The zero-order valence-electron chi connectivity index (χ0n) is 13.6. The molecule has 1 aromatic heterocycles. The molecule has 25 heavy (non-hydrogen) atoms. The first-order valence-electron chi connectivity index (χ1n) is 8.18. The maximum absolute atomic E-state index is 13.5. The van der Waals surface area contributed by atoms with Gasteiger partial charge in [0, 0.05) is 12.1 Å². The van der Waals surface area contributed by atoms with E-state index >= 15 is 0 Å². The Morgan fingerprint density at radius 3 is 2.76 bits per heavy atom. The third-order valence-corrected chi connectivity index (χ3v) is 4.84. The number of hydrogen-bond acceptors (Lipinski definition) is 5. The molecule has 1 amide bonds. The Morgan fingerprint density at radius 2 is 1.92 bits per heavy atom. The van der Waals surface area contributed by atoms with Gasteiger partial charge in [-0.25, -0.2) is 9.98 Å². The van der Waals surface area contributed by atoms with Crippen LogP contribution in [0.1, 0.15) is 12.5 Å². The van der Waals surface area contributed by atoms with Crippen molar-refractivity contribution in [1.82, 2.24) is 9.55 Å². The van der Waals surface area contributed by atoms with Gasteiger partial charge in [-0.15, -0.1) is 0 Å². The summed E-state index contributed by atoms with van der Waals surface area (Å²) < 4.78 is 1.86. The van der Waals surface area contributed by atoms with Crippen molar-refractivity contribution >= 4 is 34.5 Å². The van der Waals surface area contributed by atoms with E-state index < -0.39 is 5.66 Å². The molecule has 3 aromatic rings. The number of carbonyl (C=O) groups excluding carboxylic acids is 1. The minimum atomic E-state index is -1.26. The summed E-state index contributed by atoms with van der Waals surface area (Å²) in [7, 11) is 0. The Kier molecular flexibility index (Phi) is 2.58. The molecule has 0 aliphatic carbocycles. The fourth-order valence-electron chi connectivity index (χ4n) is 3.86. The normalized spacial score (nSPS) is 21.2. The van der Waals surface area contributed by atoms with Gasteiger partial charge in [-0.05, 0) is 25.1 Å². The van der Waals surface area contributed by atoms with Crippen molar-refractivity contribution in [1.29, 1.82) is 0 Å². The highest BCUT2D eigenvalue weighted by atomic mass is 16.2. The van der Waals surface area contributed by atoms with Crippen LogP contribution < -0.4 is 16.0 Å². The average Bonchev–Trinajstić information content (AvgIpc) is 3.09. The van der Waals surface area contributed by atoms with Gasteiger partial charge in [-0.3, -0.25) is 14.7 Å². The molecule has 0 bridgehead atoms. The molecule has 2 aromatic carbocycles. The van der Waals surface area contributed by atoms with E-state index in [2.05, 4.69) is 15.3 Å². The number of likely N-dealkylation sites (N-methyl/N-ethyl adjacent to an activating group) is 1. The van der Waals surface area contributed by atoms with Crippen LogP contribution in [0, 0.1) is 0 Å². The summed E-state index contributed by atoms with van der Waals surface area (Å²) >= 11 is 0. The number of rotatable bonds is 1. The number of aliphatic imine (C=N–C) groups is 1. The predicted molar refractivity (Wildman–Crippen MR) is 96.5 cm³/mol. The number of carbonyl (C=O) groups is 1. The SMILES string of the molecule is CCN1C(=O)[C@]2(N=C(N)Nc3nc4ccccc4n32)c2ccccc21. The minimum Gasteiger partial charge on any atom is -0.370 e. The van der Waals surface area contributed by atoms with E-state index in [1.807, 2.05) is 60.0 Å². The summed E-state index contributed by atoms with van der Waals surface area (Å²) in [5, 5.41) is 2.99. The number of para-hydroxylation sites is 3. The molecule has 3 heterocycles. The first-order chi connectivity index (χ1) is 12.2. The smallest absolute Gasteiger partial charge is 0.281 e. The lowest BCUT2D eigenvalue weighted by Gasteiger charge is -2.32. The van der Waals surface area contributed by atoms with Gasteiger partial charge < -0.3 is 10.6 Å². The van der Waals surface area contributed by atoms with Crippen molar-refractivity contribution in [3.63, 3.8) is 0 Å². The number of nitrogens with zero attached hydrogens (tertiary/aromatic N) is 4. The number of guanidine groups is 1. The maximum Gasteiger partial charge on any atom is 0.281 e. The van der Waals surface area contributed by atoms with Crippen LogP contribution in [0.2, 0.25) is 0 Å². The molecule has 1 spiro atoms. The Balaban J connectivity index is 1.93. The molecule has 7 heteroatoms. The summed E-state index contributed by atoms with van der Waals surface area (Å²) in [5.41, 5.74) is 8.09. The van der Waals surface area contributed by atoms with Gasteiger partial charge in [-0.1, -0.05) is 30.3 Å². The van der Waals surface area contributed by atoms with E-state index in [1.54, 1.807) is 4.90 Å². The first kappa shape index (κ1) is 14.0. The Bertz CT molecular complexity index is 1070. The van der Waals surface area contributed by atoms with Gasteiger partial charge in [0.05, 0.1) is 16.7 Å². The van der Waals surface area contributed by atoms with Crippen molar-refractivity contribution in [2.45, 2.75) is 12.6 Å². The third-order valence-electron chi connectivity index (χ3n) is 4.84. The van der Waals surface area contributed by atoms with Crippen LogP contribution >= 0.6 is 0 Å².